The van der Waals surface area contributed by atoms with Crippen molar-refractivity contribution < 1.29 is 4.79 Å². The summed E-state index contributed by atoms with van der Waals surface area (Å²) in [5.41, 5.74) is 0.865. The summed E-state index contributed by atoms with van der Waals surface area (Å²) in [7, 11) is 4.07. The maximum atomic E-state index is 11.7. The lowest BCUT2D eigenvalue weighted by Gasteiger charge is -2.32. The third kappa shape index (κ3) is 4.85. The Morgan fingerprint density at radius 2 is 1.83 bits per heavy atom. The van der Waals surface area contributed by atoms with Crippen LogP contribution >= 0.6 is 0 Å². The highest BCUT2D eigenvalue weighted by Gasteiger charge is 2.19. The number of carbonyl (C=O) groups excluding carboxylic acids is 1. The summed E-state index contributed by atoms with van der Waals surface area (Å²) in [6, 6.07) is 9.48. The summed E-state index contributed by atoms with van der Waals surface area (Å²) in [5.74, 6) is -0.0178. The Morgan fingerprint density at radius 1 is 1.22 bits per heavy atom. The number of anilines is 1. The number of benzene rings is 1. The van der Waals surface area contributed by atoms with Crippen molar-refractivity contribution in [2.75, 3.05) is 32.5 Å². The fourth-order valence-corrected chi connectivity index (χ4v) is 1.37. The minimum atomic E-state index is -0.0178. The van der Waals surface area contributed by atoms with Gasteiger partial charge >= 0.3 is 0 Å². The van der Waals surface area contributed by atoms with Crippen LogP contribution in [0.5, 0.6) is 0 Å². The van der Waals surface area contributed by atoms with Gasteiger partial charge in [0.15, 0.2) is 0 Å². The van der Waals surface area contributed by atoms with Crippen LogP contribution in [0.25, 0.3) is 0 Å². The maximum absolute atomic E-state index is 11.7. The van der Waals surface area contributed by atoms with E-state index < -0.39 is 0 Å². The van der Waals surface area contributed by atoms with Crippen LogP contribution in [0.2, 0.25) is 0 Å². The van der Waals surface area contributed by atoms with Gasteiger partial charge in [-0.05, 0) is 40.1 Å². The highest BCUT2D eigenvalue weighted by Crippen LogP contribution is 2.07. The van der Waals surface area contributed by atoms with Gasteiger partial charge in [-0.1, -0.05) is 18.2 Å². The zero-order valence-corrected chi connectivity index (χ0v) is 11.7. The van der Waals surface area contributed by atoms with E-state index in [0.29, 0.717) is 6.54 Å². The number of nitrogens with zero attached hydrogens (tertiary/aromatic N) is 1. The first-order valence-corrected chi connectivity index (χ1v) is 6.15. The molecule has 100 valence electrons. The number of nitrogens with one attached hydrogen (secondary N) is 2. The largest absolute Gasteiger partial charge is 0.325 e. The molecular formula is C14H23N3O. The molecule has 0 unspecified atom stereocenters. The van der Waals surface area contributed by atoms with Crippen molar-refractivity contribution in [1.29, 1.82) is 0 Å². The number of hydrogen-bond acceptors (Lipinski definition) is 3. The fourth-order valence-electron chi connectivity index (χ4n) is 1.37. The summed E-state index contributed by atoms with van der Waals surface area (Å²) < 4.78 is 0. The zero-order valence-electron chi connectivity index (χ0n) is 11.7. The van der Waals surface area contributed by atoms with E-state index in [2.05, 4.69) is 29.4 Å². The lowest BCUT2D eigenvalue weighted by atomic mass is 10.0. The number of hydrogen-bond donors (Lipinski definition) is 2. The predicted molar refractivity (Wildman–Crippen MR) is 75.7 cm³/mol. The smallest absolute Gasteiger partial charge is 0.238 e. The van der Waals surface area contributed by atoms with E-state index in [9.17, 15) is 4.79 Å². The van der Waals surface area contributed by atoms with E-state index in [0.717, 1.165) is 12.2 Å². The average Bonchev–Trinajstić information content (AvgIpc) is 2.29. The molecule has 0 saturated heterocycles. The molecule has 2 N–H and O–H groups in total. The second kappa shape index (κ2) is 6.52. The number of amides is 1. The van der Waals surface area contributed by atoms with Gasteiger partial charge in [0.25, 0.3) is 0 Å². The van der Waals surface area contributed by atoms with Crippen LogP contribution in [-0.2, 0) is 4.79 Å². The van der Waals surface area contributed by atoms with Crippen molar-refractivity contribution in [3.63, 3.8) is 0 Å². The Labute approximate surface area is 109 Å². The summed E-state index contributed by atoms with van der Waals surface area (Å²) in [6.45, 7) is 5.36. The minimum Gasteiger partial charge on any atom is -0.325 e. The molecule has 1 aromatic rings. The van der Waals surface area contributed by atoms with E-state index in [1.165, 1.54) is 0 Å². The predicted octanol–water partition coefficient (Wildman–Crippen LogP) is 1.55. The van der Waals surface area contributed by atoms with Crippen LogP contribution in [0, 0.1) is 0 Å². The molecule has 0 aliphatic carbocycles. The van der Waals surface area contributed by atoms with Crippen molar-refractivity contribution in [2.45, 2.75) is 19.4 Å². The van der Waals surface area contributed by atoms with Crippen LogP contribution in [0.15, 0.2) is 30.3 Å². The van der Waals surface area contributed by atoms with Crippen LogP contribution in [0.4, 0.5) is 5.69 Å². The monoisotopic (exact) mass is 249 g/mol. The zero-order chi connectivity index (χ0) is 13.6. The van der Waals surface area contributed by atoms with Gasteiger partial charge in [0.1, 0.15) is 0 Å². The van der Waals surface area contributed by atoms with Gasteiger partial charge in [-0.25, -0.2) is 0 Å². The molecule has 1 amide bonds. The summed E-state index contributed by atoms with van der Waals surface area (Å²) in [5, 5.41) is 6.02. The Morgan fingerprint density at radius 3 is 2.39 bits per heavy atom. The van der Waals surface area contributed by atoms with Gasteiger partial charge < -0.3 is 15.5 Å². The van der Waals surface area contributed by atoms with E-state index in [1.54, 1.807) is 0 Å². The number of likely N-dealkylation sites (N-methyl/N-ethyl adjacent to an activating group) is 1. The summed E-state index contributed by atoms with van der Waals surface area (Å²) in [6.07, 6.45) is 0. The Kier molecular flexibility index (Phi) is 5.31. The SMILES string of the molecule is CN(C)C(C)(C)CNCC(=O)Nc1ccccc1. The van der Waals surface area contributed by atoms with Gasteiger partial charge in [0.05, 0.1) is 6.54 Å². The lowest BCUT2D eigenvalue weighted by molar-refractivity contribution is -0.115. The highest BCUT2D eigenvalue weighted by atomic mass is 16.1. The third-order valence-corrected chi connectivity index (χ3v) is 3.11. The summed E-state index contributed by atoms with van der Waals surface area (Å²) >= 11 is 0. The summed E-state index contributed by atoms with van der Waals surface area (Å²) in [4.78, 5) is 13.8. The Hall–Kier alpha value is -1.39. The van der Waals surface area contributed by atoms with Gasteiger partial charge in [0.2, 0.25) is 5.91 Å². The van der Waals surface area contributed by atoms with E-state index in [1.807, 2.05) is 44.4 Å². The average molecular weight is 249 g/mol. The van der Waals surface area contributed by atoms with Crippen molar-refractivity contribution in [3.8, 4) is 0 Å². The van der Waals surface area contributed by atoms with Crippen LogP contribution < -0.4 is 10.6 Å². The highest BCUT2D eigenvalue weighted by molar-refractivity contribution is 5.92. The van der Waals surface area contributed by atoms with E-state index in [-0.39, 0.29) is 11.4 Å². The molecule has 1 rings (SSSR count). The second-order valence-corrected chi connectivity index (χ2v) is 5.22. The maximum Gasteiger partial charge on any atom is 0.238 e. The molecule has 0 aliphatic heterocycles. The number of carbonyl (C=O) groups is 1. The molecule has 0 heterocycles. The van der Waals surface area contributed by atoms with Gasteiger partial charge in [-0.2, -0.15) is 0 Å². The molecule has 0 saturated carbocycles. The van der Waals surface area contributed by atoms with E-state index >= 15 is 0 Å². The molecule has 0 aliphatic rings. The van der Waals surface area contributed by atoms with Gasteiger partial charge in [-0.3, -0.25) is 4.79 Å². The van der Waals surface area contributed by atoms with Gasteiger partial charge in [0, 0.05) is 17.8 Å². The molecule has 4 nitrogen and oxygen atoms in total. The molecule has 4 heteroatoms. The van der Waals surface area contributed by atoms with Crippen LogP contribution in [0.1, 0.15) is 13.8 Å². The topological polar surface area (TPSA) is 44.4 Å². The van der Waals surface area contributed by atoms with Crippen molar-refractivity contribution in [3.05, 3.63) is 30.3 Å². The first-order valence-electron chi connectivity index (χ1n) is 6.15. The molecule has 0 aromatic heterocycles. The Bertz CT molecular complexity index is 374. The quantitative estimate of drug-likeness (QED) is 0.804. The Balaban J connectivity index is 2.30. The first-order chi connectivity index (χ1) is 8.42. The van der Waals surface area contributed by atoms with Crippen molar-refractivity contribution in [1.82, 2.24) is 10.2 Å². The molecule has 18 heavy (non-hydrogen) atoms. The van der Waals surface area contributed by atoms with Crippen LogP contribution in [0.3, 0.4) is 0 Å². The standard InChI is InChI=1S/C14H23N3O/c1-14(2,17(3)4)11-15-10-13(18)16-12-8-6-5-7-9-12/h5-9,15H,10-11H2,1-4H3,(H,16,18). The molecular weight excluding hydrogens is 226 g/mol. The third-order valence-electron chi connectivity index (χ3n) is 3.11. The normalized spacial score (nSPS) is 11.6. The molecule has 0 radical (unpaired) electrons. The number of para-hydroxylation sites is 1. The van der Waals surface area contributed by atoms with Crippen molar-refractivity contribution >= 4 is 11.6 Å². The fraction of sp³-hybridized carbons (Fsp3) is 0.500. The molecule has 0 atom stereocenters. The first kappa shape index (κ1) is 14.7. The van der Waals surface area contributed by atoms with E-state index in [4.69, 9.17) is 0 Å². The number of rotatable bonds is 6. The van der Waals surface area contributed by atoms with Gasteiger partial charge in [-0.15, -0.1) is 0 Å². The molecule has 0 bridgehead atoms. The molecule has 0 fully saturated rings. The minimum absolute atomic E-state index is 0.0178. The lowest BCUT2D eigenvalue weighted by Crippen LogP contribution is -2.48. The van der Waals surface area contributed by atoms with Crippen molar-refractivity contribution in [2.24, 2.45) is 0 Å². The second-order valence-electron chi connectivity index (χ2n) is 5.22. The molecule has 1 aromatic carbocycles. The van der Waals surface area contributed by atoms with Crippen LogP contribution in [-0.4, -0.2) is 43.5 Å². The molecule has 0 spiro atoms.